The number of carbonyl (C=O) groups excluding carboxylic acids is 2. The number of nitrogens with zero attached hydrogens (tertiary/aromatic N) is 2. The van der Waals surface area contributed by atoms with Gasteiger partial charge in [0.15, 0.2) is 0 Å². The van der Waals surface area contributed by atoms with E-state index in [1.807, 2.05) is 0 Å². The first-order chi connectivity index (χ1) is 15.7. The average Bonchev–Trinajstić information content (AvgIpc) is 3.04. The van der Waals surface area contributed by atoms with E-state index in [0.717, 1.165) is 29.2 Å². The van der Waals surface area contributed by atoms with Gasteiger partial charge in [-0.1, -0.05) is 12.1 Å². The van der Waals surface area contributed by atoms with Gasteiger partial charge in [-0.3, -0.25) is 24.6 Å². The number of amides is 1. The number of halogens is 2. The van der Waals surface area contributed by atoms with Crippen LogP contribution in [0.25, 0.3) is 5.76 Å². The fourth-order valence-electron chi connectivity index (χ4n) is 3.66. The molecule has 0 saturated carbocycles. The van der Waals surface area contributed by atoms with E-state index in [9.17, 15) is 38.7 Å². The van der Waals surface area contributed by atoms with E-state index in [0.29, 0.717) is 6.07 Å². The molecule has 0 aromatic heterocycles. The summed E-state index contributed by atoms with van der Waals surface area (Å²) in [6, 6.07) is 11.1. The monoisotopic (exact) mass is 452 g/mol. The Labute approximate surface area is 184 Å². The molecule has 3 aromatic rings. The Morgan fingerprint density at radius 3 is 2.30 bits per heavy atom. The molecule has 33 heavy (non-hydrogen) atoms. The van der Waals surface area contributed by atoms with E-state index in [2.05, 4.69) is 0 Å². The number of hydrogen-bond acceptors (Lipinski definition) is 6. The molecule has 0 spiro atoms. The number of phenolic OH excluding ortho intramolecular Hbond substituents is 1. The topological polar surface area (TPSA) is 121 Å². The summed E-state index contributed by atoms with van der Waals surface area (Å²) in [6.07, 6.45) is 0. The minimum absolute atomic E-state index is 0.00308. The van der Waals surface area contributed by atoms with E-state index in [4.69, 9.17) is 0 Å². The van der Waals surface area contributed by atoms with Crippen molar-refractivity contribution in [2.45, 2.75) is 6.04 Å². The molecule has 10 heteroatoms. The number of carbonyl (C=O) groups is 2. The van der Waals surface area contributed by atoms with Gasteiger partial charge in [-0.15, -0.1) is 0 Å². The molecule has 2 N–H and O–H groups in total. The van der Waals surface area contributed by atoms with Crippen molar-refractivity contribution in [3.8, 4) is 5.75 Å². The Balaban J connectivity index is 1.95. The first-order valence-corrected chi connectivity index (χ1v) is 9.49. The quantitative estimate of drug-likeness (QED) is 0.201. The summed E-state index contributed by atoms with van der Waals surface area (Å²) in [5, 5.41) is 31.7. The highest BCUT2D eigenvalue weighted by atomic mass is 19.1. The van der Waals surface area contributed by atoms with Gasteiger partial charge in [0.05, 0.1) is 22.2 Å². The molecular formula is C23H14F2N2O6. The summed E-state index contributed by atoms with van der Waals surface area (Å²) in [4.78, 5) is 36.9. The van der Waals surface area contributed by atoms with Crippen LogP contribution in [0, 0.1) is 21.7 Å². The summed E-state index contributed by atoms with van der Waals surface area (Å²) in [6.45, 7) is 0. The summed E-state index contributed by atoms with van der Waals surface area (Å²) >= 11 is 0. The number of nitro benzene ring substituents is 1. The van der Waals surface area contributed by atoms with Crippen molar-refractivity contribution in [2.75, 3.05) is 4.90 Å². The normalized spacial score (nSPS) is 17.4. The van der Waals surface area contributed by atoms with E-state index in [-0.39, 0.29) is 22.6 Å². The maximum absolute atomic E-state index is 14.6. The highest BCUT2D eigenvalue weighted by molar-refractivity contribution is 6.51. The lowest BCUT2D eigenvalue weighted by molar-refractivity contribution is -0.384. The number of non-ortho nitro benzene ring substituents is 1. The van der Waals surface area contributed by atoms with Gasteiger partial charge in [-0.25, -0.2) is 8.78 Å². The van der Waals surface area contributed by atoms with Gasteiger partial charge < -0.3 is 10.2 Å². The third-order valence-electron chi connectivity index (χ3n) is 5.15. The van der Waals surface area contributed by atoms with Gasteiger partial charge in [0.2, 0.25) is 0 Å². The highest BCUT2D eigenvalue weighted by Gasteiger charge is 2.47. The third-order valence-corrected chi connectivity index (χ3v) is 5.15. The smallest absolute Gasteiger partial charge is 0.300 e. The van der Waals surface area contributed by atoms with Crippen molar-refractivity contribution in [1.82, 2.24) is 0 Å². The molecule has 1 heterocycles. The molecule has 1 aliphatic rings. The zero-order valence-electron chi connectivity index (χ0n) is 16.6. The molecule has 0 aliphatic carbocycles. The standard InChI is InChI=1S/C23H14F2N2O6/c24-14-6-9-18(17(25)11-14)26-20(13-2-1-3-16(28)10-13)19(22(30)23(26)31)21(29)12-4-7-15(8-5-12)27(32)33/h1-11,20,28-29H/b21-19+. The molecule has 1 fully saturated rings. The third kappa shape index (κ3) is 3.78. The number of rotatable bonds is 4. The van der Waals surface area contributed by atoms with Crippen LogP contribution >= 0.6 is 0 Å². The molecule has 1 saturated heterocycles. The van der Waals surface area contributed by atoms with Crippen molar-refractivity contribution in [2.24, 2.45) is 0 Å². The van der Waals surface area contributed by atoms with Crippen molar-refractivity contribution in [3.05, 3.63) is 105 Å². The van der Waals surface area contributed by atoms with Crippen LogP contribution in [0.4, 0.5) is 20.2 Å². The number of Topliss-reactive ketones (excluding diaryl/α,β-unsaturated/α-hetero) is 1. The fourth-order valence-corrected chi connectivity index (χ4v) is 3.66. The molecule has 1 aliphatic heterocycles. The second-order valence-corrected chi connectivity index (χ2v) is 7.16. The highest BCUT2D eigenvalue weighted by Crippen LogP contribution is 2.43. The lowest BCUT2D eigenvalue weighted by Crippen LogP contribution is -2.30. The first-order valence-electron chi connectivity index (χ1n) is 9.49. The molecule has 8 nitrogen and oxygen atoms in total. The van der Waals surface area contributed by atoms with E-state index >= 15 is 0 Å². The van der Waals surface area contributed by atoms with Gasteiger partial charge >= 0.3 is 0 Å². The number of aliphatic hydroxyl groups excluding tert-OH is 1. The molecule has 1 unspecified atom stereocenters. The van der Waals surface area contributed by atoms with Gasteiger partial charge in [-0.2, -0.15) is 0 Å². The number of hydrogen-bond donors (Lipinski definition) is 2. The van der Waals surface area contributed by atoms with Crippen LogP contribution in [-0.2, 0) is 9.59 Å². The largest absolute Gasteiger partial charge is 0.508 e. The van der Waals surface area contributed by atoms with Gasteiger partial charge in [0.1, 0.15) is 23.1 Å². The lowest BCUT2D eigenvalue weighted by Gasteiger charge is -2.25. The molecule has 4 rings (SSSR count). The SMILES string of the molecule is O=C1C(=O)N(c2ccc(F)cc2F)C(c2cccc(O)c2)/C1=C(\O)c1ccc([N+](=O)[O-])cc1. The Morgan fingerprint density at radius 1 is 1.00 bits per heavy atom. The Kier molecular flexibility index (Phi) is 5.34. The van der Waals surface area contributed by atoms with Gasteiger partial charge in [0, 0.05) is 23.8 Å². The summed E-state index contributed by atoms with van der Waals surface area (Å²) in [5.41, 5.74) is -0.924. The molecule has 0 bridgehead atoms. The Hall–Kier alpha value is -4.60. The van der Waals surface area contributed by atoms with Crippen molar-refractivity contribution >= 4 is 28.8 Å². The van der Waals surface area contributed by atoms with Crippen molar-refractivity contribution < 1.29 is 33.5 Å². The van der Waals surface area contributed by atoms with Crippen LogP contribution in [0.2, 0.25) is 0 Å². The minimum Gasteiger partial charge on any atom is -0.508 e. The van der Waals surface area contributed by atoms with E-state index < -0.39 is 51.3 Å². The first kappa shape index (κ1) is 21.6. The maximum Gasteiger partial charge on any atom is 0.300 e. The summed E-state index contributed by atoms with van der Waals surface area (Å²) in [7, 11) is 0. The van der Waals surface area contributed by atoms with Crippen LogP contribution in [0.15, 0.2) is 72.3 Å². The second-order valence-electron chi connectivity index (χ2n) is 7.16. The molecular weight excluding hydrogens is 438 g/mol. The lowest BCUT2D eigenvalue weighted by atomic mass is 9.95. The molecule has 3 aromatic carbocycles. The van der Waals surface area contributed by atoms with Crippen LogP contribution in [0.3, 0.4) is 0 Å². The van der Waals surface area contributed by atoms with Crippen molar-refractivity contribution in [3.63, 3.8) is 0 Å². The van der Waals surface area contributed by atoms with Crippen molar-refractivity contribution in [1.29, 1.82) is 0 Å². The number of ketones is 1. The molecule has 166 valence electrons. The fraction of sp³-hybridized carbons (Fsp3) is 0.0435. The van der Waals surface area contributed by atoms with Crippen LogP contribution in [0.1, 0.15) is 17.2 Å². The van der Waals surface area contributed by atoms with Gasteiger partial charge in [-0.05, 0) is 42.0 Å². The predicted octanol–water partition coefficient (Wildman–Crippen LogP) is 4.20. The van der Waals surface area contributed by atoms with Crippen LogP contribution < -0.4 is 4.90 Å². The molecule has 0 radical (unpaired) electrons. The number of benzene rings is 3. The average molecular weight is 452 g/mol. The van der Waals surface area contributed by atoms with E-state index in [1.165, 1.54) is 36.4 Å². The van der Waals surface area contributed by atoms with Crippen LogP contribution in [0.5, 0.6) is 5.75 Å². The Bertz CT molecular complexity index is 1340. The number of anilines is 1. The maximum atomic E-state index is 14.6. The number of phenols is 1. The minimum atomic E-state index is -1.37. The van der Waals surface area contributed by atoms with Crippen LogP contribution in [-0.4, -0.2) is 26.8 Å². The second kappa shape index (κ2) is 8.15. The Morgan fingerprint density at radius 2 is 1.70 bits per heavy atom. The number of aliphatic hydroxyl groups is 1. The predicted molar refractivity (Wildman–Crippen MR) is 112 cm³/mol. The number of nitro groups is 1. The van der Waals surface area contributed by atoms with E-state index in [1.54, 1.807) is 0 Å². The zero-order chi connectivity index (χ0) is 23.9. The van der Waals surface area contributed by atoms with Gasteiger partial charge in [0.25, 0.3) is 17.4 Å². The summed E-state index contributed by atoms with van der Waals surface area (Å²) in [5.74, 6) is -5.21. The molecule has 1 atom stereocenters. The molecule has 1 amide bonds. The zero-order valence-corrected chi connectivity index (χ0v) is 16.6. The summed E-state index contributed by atoms with van der Waals surface area (Å²) < 4.78 is 28.1. The number of aromatic hydroxyl groups is 1.